The van der Waals surface area contributed by atoms with E-state index < -0.39 is 17.0 Å². The second-order valence-corrected chi connectivity index (χ2v) is 13.3. The molecule has 3 aromatic carbocycles. The Balaban J connectivity index is 0.00000122. The van der Waals surface area contributed by atoms with Gasteiger partial charge in [-0.2, -0.15) is 0 Å². The van der Waals surface area contributed by atoms with Gasteiger partial charge in [0.05, 0.1) is 0 Å². The zero-order valence-corrected chi connectivity index (χ0v) is 24.4. The van der Waals surface area contributed by atoms with Gasteiger partial charge in [-0.1, -0.05) is 83.9 Å². The van der Waals surface area contributed by atoms with Gasteiger partial charge >= 0.3 is 35.6 Å². The van der Waals surface area contributed by atoms with Crippen LogP contribution in [0.3, 0.4) is 0 Å². The van der Waals surface area contributed by atoms with E-state index in [0.717, 1.165) is 24.0 Å². The molecule has 0 fully saturated rings. The molecule has 1 atom stereocenters. The number of rotatable bonds is 6. The summed E-state index contributed by atoms with van der Waals surface area (Å²) in [5.74, 6) is 0.438. The van der Waals surface area contributed by atoms with Crippen LogP contribution in [0.2, 0.25) is 0 Å². The van der Waals surface area contributed by atoms with E-state index in [1.54, 1.807) is 0 Å². The SMILES string of the molecule is Cc1cc(C(C)(C)C)cc(Pc2c(C)cccc2CN(C)Cc2ccccc2)c1O.[Cl][Ti][Cl]. The van der Waals surface area contributed by atoms with Crippen molar-refractivity contribution >= 4 is 37.8 Å². The summed E-state index contributed by atoms with van der Waals surface area (Å²) < 4.78 is 0. The molecule has 0 aromatic heterocycles. The number of halogens is 2. The maximum absolute atomic E-state index is 10.8. The Morgan fingerprint density at radius 3 is 2.15 bits per heavy atom. The van der Waals surface area contributed by atoms with Gasteiger partial charge in [-0.3, -0.25) is 4.90 Å². The Kier molecular flexibility index (Phi) is 11.4. The van der Waals surface area contributed by atoms with Crippen LogP contribution in [0.4, 0.5) is 0 Å². The van der Waals surface area contributed by atoms with Crippen LogP contribution in [-0.4, -0.2) is 17.1 Å². The quantitative estimate of drug-likeness (QED) is 0.272. The molecule has 0 saturated heterocycles. The number of benzene rings is 3. The van der Waals surface area contributed by atoms with Crippen LogP contribution in [0.1, 0.15) is 48.6 Å². The molecule has 0 spiro atoms. The average Bonchev–Trinajstić information content (AvgIpc) is 2.74. The fraction of sp³-hybridized carbons (Fsp3) is 0.333. The molecule has 0 aliphatic heterocycles. The fourth-order valence-corrected chi connectivity index (χ4v) is 5.14. The summed E-state index contributed by atoms with van der Waals surface area (Å²) in [5.41, 5.74) is 6.24. The number of nitrogens with zero attached hydrogens (tertiary/aromatic N) is 1. The molecule has 1 unspecified atom stereocenters. The van der Waals surface area contributed by atoms with Crippen molar-refractivity contribution in [2.24, 2.45) is 0 Å². The van der Waals surface area contributed by atoms with Gasteiger partial charge in [0, 0.05) is 18.4 Å². The fourth-order valence-electron chi connectivity index (χ4n) is 3.72. The van der Waals surface area contributed by atoms with Crippen molar-refractivity contribution in [3.63, 3.8) is 0 Å². The van der Waals surface area contributed by atoms with Crippen LogP contribution in [-0.2, 0) is 35.5 Å². The Hall–Kier alpha value is -0.856. The number of phenols is 1. The van der Waals surface area contributed by atoms with Gasteiger partial charge in [-0.25, -0.2) is 0 Å². The predicted octanol–water partition coefficient (Wildman–Crippen LogP) is 6.94. The zero-order chi connectivity index (χ0) is 24.6. The molecular formula is C27H34Cl2NOPTi. The van der Waals surface area contributed by atoms with Gasteiger partial charge in [0.2, 0.25) is 0 Å². The summed E-state index contributed by atoms with van der Waals surface area (Å²) in [5, 5.41) is 13.2. The van der Waals surface area contributed by atoms with Crippen LogP contribution < -0.4 is 10.6 Å². The first-order valence-electron chi connectivity index (χ1n) is 10.9. The number of hydrogen-bond donors (Lipinski definition) is 1. The molecule has 33 heavy (non-hydrogen) atoms. The van der Waals surface area contributed by atoms with E-state index in [1.165, 1.54) is 27.6 Å². The summed E-state index contributed by atoms with van der Waals surface area (Å²) in [4.78, 5) is 2.36. The number of phenolic OH excluding ortho intramolecular Hbond substituents is 1. The van der Waals surface area contributed by atoms with E-state index in [-0.39, 0.29) is 5.41 Å². The Bertz CT molecular complexity index is 1040. The molecule has 0 heterocycles. The first-order chi connectivity index (χ1) is 15.6. The standard InChI is InChI=1S/C27H34NOP.2ClH.Ti/c1-19-11-10-14-22(18-28(6)17-21-12-8-7-9-13-21)26(19)30-24-16-23(27(3,4)5)15-20(2)25(24)29;;;/h7-16,29-30H,17-18H2,1-6H3;2*1H;/q;;;+2/p-2. The van der Waals surface area contributed by atoms with Crippen molar-refractivity contribution in [2.45, 2.75) is 53.1 Å². The topological polar surface area (TPSA) is 23.5 Å². The first kappa shape index (κ1) is 28.4. The van der Waals surface area contributed by atoms with E-state index in [0.29, 0.717) is 14.3 Å². The summed E-state index contributed by atoms with van der Waals surface area (Å²) in [6.07, 6.45) is 0. The van der Waals surface area contributed by atoms with Gasteiger partial charge < -0.3 is 5.11 Å². The molecule has 0 amide bonds. The Morgan fingerprint density at radius 2 is 1.55 bits per heavy atom. The van der Waals surface area contributed by atoms with E-state index in [4.69, 9.17) is 18.6 Å². The third kappa shape index (κ3) is 8.70. The van der Waals surface area contributed by atoms with Crippen molar-refractivity contribution in [1.82, 2.24) is 4.90 Å². The van der Waals surface area contributed by atoms with Gasteiger partial charge in [-0.15, -0.1) is 0 Å². The molecule has 2 nitrogen and oxygen atoms in total. The monoisotopic (exact) mass is 537 g/mol. The van der Waals surface area contributed by atoms with Crippen molar-refractivity contribution in [3.05, 3.63) is 88.5 Å². The molecule has 6 heteroatoms. The number of hydrogen-bond acceptors (Lipinski definition) is 2. The summed E-state index contributed by atoms with van der Waals surface area (Å²) in [7, 11) is 12.4. The minimum atomic E-state index is -0.556. The third-order valence-corrected chi connectivity index (χ3v) is 7.14. The van der Waals surface area contributed by atoms with E-state index >= 15 is 0 Å². The normalized spacial score (nSPS) is 11.5. The Morgan fingerprint density at radius 1 is 0.909 bits per heavy atom. The molecule has 0 aliphatic carbocycles. The van der Waals surface area contributed by atoms with Crippen molar-refractivity contribution in [3.8, 4) is 5.75 Å². The number of aromatic hydroxyl groups is 1. The van der Waals surface area contributed by atoms with Crippen LogP contribution in [0.25, 0.3) is 0 Å². The van der Waals surface area contributed by atoms with Crippen molar-refractivity contribution < 1.29 is 22.1 Å². The van der Waals surface area contributed by atoms with Gasteiger partial charge in [0.15, 0.2) is 0 Å². The van der Waals surface area contributed by atoms with E-state index in [1.807, 2.05) is 6.92 Å². The van der Waals surface area contributed by atoms with Crippen LogP contribution in [0.5, 0.6) is 5.75 Å². The molecule has 3 aromatic rings. The molecule has 176 valence electrons. The summed E-state index contributed by atoms with van der Waals surface area (Å²) in [6.45, 7) is 12.7. The molecule has 0 bridgehead atoms. The molecular weight excluding hydrogens is 504 g/mol. The average molecular weight is 538 g/mol. The third-order valence-electron chi connectivity index (χ3n) is 5.52. The first-order valence-corrected chi connectivity index (χ1v) is 16.2. The van der Waals surface area contributed by atoms with Crippen LogP contribution in [0.15, 0.2) is 60.7 Å². The summed E-state index contributed by atoms with van der Waals surface area (Å²) in [6, 6.07) is 21.5. The van der Waals surface area contributed by atoms with Gasteiger partial charge in [0.1, 0.15) is 5.75 Å². The predicted molar refractivity (Wildman–Crippen MR) is 144 cm³/mol. The van der Waals surface area contributed by atoms with Gasteiger partial charge in [0.25, 0.3) is 0 Å². The van der Waals surface area contributed by atoms with Gasteiger partial charge in [-0.05, 0) is 65.5 Å². The molecule has 0 radical (unpaired) electrons. The van der Waals surface area contributed by atoms with E-state index in [2.05, 4.69) is 100 Å². The van der Waals surface area contributed by atoms with Crippen LogP contribution in [0, 0.1) is 13.8 Å². The second kappa shape index (κ2) is 13.3. The van der Waals surface area contributed by atoms with Crippen molar-refractivity contribution in [2.75, 3.05) is 7.05 Å². The zero-order valence-electron chi connectivity index (χ0n) is 20.3. The number of aryl methyl sites for hydroxylation is 2. The second-order valence-electron chi connectivity index (χ2n) is 9.40. The Labute approximate surface area is 218 Å². The van der Waals surface area contributed by atoms with Crippen LogP contribution >= 0.6 is 27.2 Å². The van der Waals surface area contributed by atoms with Crippen molar-refractivity contribution in [1.29, 1.82) is 0 Å². The minimum absolute atomic E-state index is 0.0577. The molecule has 0 saturated carbocycles. The molecule has 1 N–H and O–H groups in total. The van der Waals surface area contributed by atoms with E-state index in [9.17, 15) is 5.11 Å². The maximum atomic E-state index is 10.8. The summed E-state index contributed by atoms with van der Waals surface area (Å²) >= 11 is -0.556. The molecule has 0 aliphatic rings. The molecule has 3 rings (SSSR count).